The highest BCUT2D eigenvalue weighted by atomic mass is 19.4. The molecule has 0 aliphatic carbocycles. The highest BCUT2D eigenvalue weighted by Crippen LogP contribution is 2.36. The third-order valence-electron chi connectivity index (χ3n) is 1.75. The number of hydrogen-bond donors (Lipinski definition) is 0. The quantitative estimate of drug-likeness (QED) is 0.477. The van der Waals surface area contributed by atoms with E-state index in [4.69, 9.17) is 0 Å². The van der Waals surface area contributed by atoms with Gasteiger partial charge in [0.2, 0.25) is 11.6 Å². The molecule has 0 aliphatic rings. The van der Waals surface area contributed by atoms with Gasteiger partial charge in [-0.2, -0.15) is 0 Å². The molecular weight excluding hydrogens is 264 g/mol. The Kier molecular flexibility index (Phi) is 3.89. The van der Waals surface area contributed by atoms with Gasteiger partial charge in [0.25, 0.3) is 0 Å². The summed E-state index contributed by atoms with van der Waals surface area (Å²) in [6.07, 6.45) is -5.15. The van der Waals surface area contributed by atoms with Crippen molar-refractivity contribution in [2.24, 2.45) is 0 Å². The maximum absolute atomic E-state index is 12.5. The number of methoxy groups -OCH3 is 1. The fraction of sp³-hybridized carbons (Fsp3) is 0.375. The van der Waals surface area contributed by atoms with Crippen molar-refractivity contribution < 1.29 is 32.0 Å². The Hall–Kier alpha value is -2.13. The molecular formula is C8H6F4N2O4. The van der Waals surface area contributed by atoms with Crippen LogP contribution in [0.25, 0.3) is 0 Å². The fourth-order valence-electron chi connectivity index (χ4n) is 1.14. The Bertz CT molecular complexity index is 463. The van der Waals surface area contributed by atoms with Gasteiger partial charge >= 0.3 is 12.0 Å². The lowest BCUT2D eigenvalue weighted by Crippen LogP contribution is -2.18. The lowest BCUT2D eigenvalue weighted by atomic mass is 10.3. The summed E-state index contributed by atoms with van der Waals surface area (Å²) < 4.78 is 56.6. The van der Waals surface area contributed by atoms with Crippen molar-refractivity contribution in [3.63, 3.8) is 0 Å². The van der Waals surface area contributed by atoms with Crippen LogP contribution in [0.2, 0.25) is 0 Å². The largest absolute Gasteiger partial charge is 0.573 e. The molecule has 6 nitrogen and oxygen atoms in total. The maximum Gasteiger partial charge on any atom is 0.573 e. The third-order valence-corrected chi connectivity index (χ3v) is 1.75. The second-order valence-corrected chi connectivity index (χ2v) is 2.90. The van der Waals surface area contributed by atoms with Gasteiger partial charge < -0.3 is 9.47 Å². The SMILES string of the molecule is COc1cc(OC(F)(F)F)c([N+](=O)[O-])c(CF)n1. The summed E-state index contributed by atoms with van der Waals surface area (Å²) in [5.74, 6) is -1.60. The number of alkyl halides is 4. The van der Waals surface area contributed by atoms with Gasteiger partial charge in [-0.15, -0.1) is 13.2 Å². The number of halogens is 4. The van der Waals surface area contributed by atoms with Gasteiger partial charge in [-0.1, -0.05) is 0 Å². The Balaban J connectivity index is 3.39. The standard InChI is InChI=1S/C8H6F4N2O4/c1-17-6-2-5(18-8(10,11)12)7(14(15)16)4(3-9)13-6/h2H,3H2,1H3. The molecule has 0 aliphatic heterocycles. The van der Waals surface area contributed by atoms with Crippen LogP contribution in [0.4, 0.5) is 23.2 Å². The number of nitrogens with zero attached hydrogens (tertiary/aromatic N) is 2. The summed E-state index contributed by atoms with van der Waals surface area (Å²) in [4.78, 5) is 12.7. The molecule has 0 fully saturated rings. The minimum Gasteiger partial charge on any atom is -0.481 e. The van der Waals surface area contributed by atoms with Crippen LogP contribution in [0, 0.1) is 10.1 Å². The summed E-state index contributed by atoms with van der Waals surface area (Å²) in [5.41, 5.74) is -1.99. The smallest absolute Gasteiger partial charge is 0.481 e. The second-order valence-electron chi connectivity index (χ2n) is 2.90. The molecule has 100 valence electrons. The molecule has 0 N–H and O–H groups in total. The molecule has 0 radical (unpaired) electrons. The van der Waals surface area contributed by atoms with E-state index in [9.17, 15) is 27.7 Å². The second kappa shape index (κ2) is 5.02. The predicted molar refractivity (Wildman–Crippen MR) is 48.9 cm³/mol. The van der Waals surface area contributed by atoms with E-state index in [1.165, 1.54) is 0 Å². The van der Waals surface area contributed by atoms with Gasteiger partial charge in [-0.05, 0) is 0 Å². The Morgan fingerprint density at radius 3 is 2.50 bits per heavy atom. The van der Waals surface area contributed by atoms with Gasteiger partial charge in [-0.3, -0.25) is 10.1 Å². The number of hydrogen-bond acceptors (Lipinski definition) is 5. The first kappa shape index (κ1) is 13.9. The first-order valence-corrected chi connectivity index (χ1v) is 4.32. The van der Waals surface area contributed by atoms with Crippen LogP contribution < -0.4 is 9.47 Å². The summed E-state index contributed by atoms with van der Waals surface area (Å²) >= 11 is 0. The first-order valence-electron chi connectivity index (χ1n) is 4.32. The molecule has 1 aromatic rings. The molecule has 0 saturated heterocycles. The van der Waals surface area contributed by atoms with Crippen LogP contribution in [0.15, 0.2) is 6.07 Å². The molecule has 1 heterocycles. The number of nitro groups is 1. The molecule has 0 amide bonds. The molecule has 0 bridgehead atoms. The van der Waals surface area contributed by atoms with Crippen LogP contribution in [0.5, 0.6) is 11.6 Å². The summed E-state index contributed by atoms with van der Waals surface area (Å²) in [5, 5.41) is 10.6. The highest BCUT2D eigenvalue weighted by Gasteiger charge is 2.36. The van der Waals surface area contributed by atoms with Crippen LogP contribution in [-0.2, 0) is 6.67 Å². The van der Waals surface area contributed by atoms with E-state index in [2.05, 4.69) is 14.5 Å². The zero-order chi connectivity index (χ0) is 13.9. The molecule has 1 aromatic heterocycles. The number of pyridine rings is 1. The van der Waals surface area contributed by atoms with E-state index in [-0.39, 0.29) is 0 Å². The summed E-state index contributed by atoms with van der Waals surface area (Å²) in [7, 11) is 1.06. The molecule has 10 heteroatoms. The average Bonchev–Trinajstić information content (AvgIpc) is 2.25. The molecule has 18 heavy (non-hydrogen) atoms. The van der Waals surface area contributed by atoms with Crippen molar-refractivity contribution in [2.45, 2.75) is 13.0 Å². The molecule has 0 saturated carbocycles. The molecule has 1 rings (SSSR count). The zero-order valence-corrected chi connectivity index (χ0v) is 8.82. The van der Waals surface area contributed by atoms with Crippen molar-refractivity contribution in [3.8, 4) is 11.6 Å². The van der Waals surface area contributed by atoms with Crippen LogP contribution in [0.1, 0.15) is 5.69 Å². The minimum absolute atomic E-state index is 0.424. The summed E-state index contributed by atoms with van der Waals surface area (Å²) in [6, 6.07) is 0.560. The monoisotopic (exact) mass is 270 g/mol. The third kappa shape index (κ3) is 3.18. The van der Waals surface area contributed by atoms with Gasteiger partial charge in [0, 0.05) is 0 Å². The van der Waals surface area contributed by atoms with Crippen molar-refractivity contribution in [3.05, 3.63) is 21.9 Å². The number of aromatic nitrogens is 1. The predicted octanol–water partition coefficient (Wildman–Crippen LogP) is 2.37. The van der Waals surface area contributed by atoms with Crippen molar-refractivity contribution in [1.82, 2.24) is 4.98 Å². The highest BCUT2D eigenvalue weighted by molar-refractivity contribution is 5.52. The number of ether oxygens (including phenoxy) is 2. The van der Waals surface area contributed by atoms with Gasteiger partial charge in [-0.25, -0.2) is 9.37 Å². The van der Waals surface area contributed by atoms with E-state index in [1.807, 2.05) is 0 Å². The molecule has 0 atom stereocenters. The van der Waals surface area contributed by atoms with Crippen LogP contribution in [0.3, 0.4) is 0 Å². The van der Waals surface area contributed by atoms with Crippen LogP contribution in [-0.4, -0.2) is 23.4 Å². The van der Waals surface area contributed by atoms with Crippen molar-refractivity contribution in [1.29, 1.82) is 0 Å². The van der Waals surface area contributed by atoms with Gasteiger partial charge in [0.05, 0.1) is 18.1 Å². The zero-order valence-electron chi connectivity index (χ0n) is 8.82. The molecule has 0 aromatic carbocycles. The van der Waals surface area contributed by atoms with E-state index in [1.54, 1.807) is 0 Å². The minimum atomic E-state index is -5.15. The topological polar surface area (TPSA) is 74.5 Å². The lowest BCUT2D eigenvalue weighted by Gasteiger charge is -2.11. The molecule has 0 unspecified atom stereocenters. The van der Waals surface area contributed by atoms with Gasteiger partial charge in [0.1, 0.15) is 6.67 Å². The Morgan fingerprint density at radius 2 is 2.11 bits per heavy atom. The number of rotatable bonds is 4. The maximum atomic E-state index is 12.5. The first-order chi connectivity index (χ1) is 8.28. The van der Waals surface area contributed by atoms with Crippen LogP contribution >= 0.6 is 0 Å². The fourth-order valence-corrected chi connectivity index (χ4v) is 1.14. The van der Waals surface area contributed by atoms with E-state index < -0.39 is 41.0 Å². The molecule has 0 spiro atoms. The summed E-state index contributed by atoms with van der Waals surface area (Å²) in [6.45, 7) is -1.43. The Morgan fingerprint density at radius 1 is 1.50 bits per heavy atom. The van der Waals surface area contributed by atoms with Crippen molar-refractivity contribution in [2.75, 3.05) is 7.11 Å². The van der Waals surface area contributed by atoms with E-state index in [0.29, 0.717) is 6.07 Å². The Labute approximate surface area is 97.3 Å². The van der Waals surface area contributed by atoms with Gasteiger partial charge in [0.15, 0.2) is 5.69 Å². The lowest BCUT2D eigenvalue weighted by molar-refractivity contribution is -0.389. The average molecular weight is 270 g/mol. The van der Waals surface area contributed by atoms with Crippen molar-refractivity contribution >= 4 is 5.69 Å². The normalized spacial score (nSPS) is 11.2. The van der Waals surface area contributed by atoms with E-state index >= 15 is 0 Å². The van der Waals surface area contributed by atoms with E-state index in [0.717, 1.165) is 7.11 Å².